The first-order valence-corrected chi connectivity index (χ1v) is 8.71. The predicted octanol–water partition coefficient (Wildman–Crippen LogP) is 2.71. The zero-order chi connectivity index (χ0) is 18.1. The molecule has 0 spiro atoms. The van der Waals surface area contributed by atoms with Crippen LogP contribution in [0.25, 0.3) is 0 Å². The molecule has 1 heterocycles. The summed E-state index contributed by atoms with van der Waals surface area (Å²) in [5.41, 5.74) is 2.25. The number of aryl methyl sites for hydroxylation is 1. The first-order chi connectivity index (χ1) is 12.1. The summed E-state index contributed by atoms with van der Waals surface area (Å²) in [4.78, 5) is 4.60. The first kappa shape index (κ1) is 18.7. The summed E-state index contributed by atoms with van der Waals surface area (Å²) in [6.45, 7) is 12.3. The molecular weight excluding hydrogens is 312 g/mol. The van der Waals surface area contributed by atoms with E-state index in [1.165, 1.54) is 5.56 Å². The molecule has 1 aromatic carbocycles. The van der Waals surface area contributed by atoms with E-state index >= 15 is 0 Å². The minimum absolute atomic E-state index is 0.165. The Balaban J connectivity index is 1.96. The molecule has 0 aliphatic heterocycles. The van der Waals surface area contributed by atoms with Gasteiger partial charge in [-0.05, 0) is 19.4 Å². The van der Waals surface area contributed by atoms with E-state index in [1.807, 2.05) is 25.1 Å². The van der Waals surface area contributed by atoms with E-state index in [-0.39, 0.29) is 6.04 Å². The van der Waals surface area contributed by atoms with E-state index < -0.39 is 0 Å². The molecule has 0 saturated heterocycles. The highest BCUT2D eigenvalue weighted by atomic mass is 15.3. The van der Waals surface area contributed by atoms with Crippen molar-refractivity contribution in [2.24, 2.45) is 4.99 Å². The molecule has 6 nitrogen and oxygen atoms in total. The highest BCUT2D eigenvalue weighted by Gasteiger charge is 2.08. The zero-order valence-corrected chi connectivity index (χ0v) is 15.4. The van der Waals surface area contributed by atoms with Crippen molar-refractivity contribution in [2.75, 3.05) is 13.1 Å². The fourth-order valence-electron chi connectivity index (χ4n) is 2.43. The van der Waals surface area contributed by atoms with Gasteiger partial charge in [-0.2, -0.15) is 0 Å². The van der Waals surface area contributed by atoms with Gasteiger partial charge in [0.15, 0.2) is 5.96 Å². The summed E-state index contributed by atoms with van der Waals surface area (Å²) in [5, 5.41) is 14.9. The first-order valence-electron chi connectivity index (χ1n) is 8.71. The molecule has 25 heavy (non-hydrogen) atoms. The van der Waals surface area contributed by atoms with Crippen molar-refractivity contribution in [3.05, 3.63) is 60.2 Å². The number of hydrogen-bond acceptors (Lipinski definition) is 3. The van der Waals surface area contributed by atoms with Gasteiger partial charge in [-0.3, -0.25) is 0 Å². The summed E-state index contributed by atoms with van der Waals surface area (Å²) in [7, 11) is 0. The summed E-state index contributed by atoms with van der Waals surface area (Å²) in [6, 6.07) is 10.5. The molecule has 1 unspecified atom stereocenters. The van der Waals surface area contributed by atoms with Gasteiger partial charge >= 0.3 is 0 Å². The van der Waals surface area contributed by atoms with E-state index in [1.54, 1.807) is 6.33 Å². The fraction of sp³-hybridized carbons (Fsp3) is 0.421. The molecule has 0 radical (unpaired) electrons. The zero-order valence-electron chi connectivity index (χ0n) is 15.4. The minimum atomic E-state index is 0.165. The van der Waals surface area contributed by atoms with E-state index in [2.05, 4.69) is 62.9 Å². The van der Waals surface area contributed by atoms with Crippen LogP contribution in [0.4, 0.5) is 0 Å². The second-order valence-electron chi connectivity index (χ2n) is 6.12. The standard InChI is InChI=1S/C19H28N6/c1-5-18-24-22-14-25(18)12-11-20-19(21-13-15(2)3)23-16(4)17-9-7-6-8-10-17/h6-10,14,16H,2,5,11-13H2,1,3-4H3,(H2,20,21,23). The minimum Gasteiger partial charge on any atom is -0.355 e. The predicted molar refractivity (Wildman–Crippen MR) is 103 cm³/mol. The van der Waals surface area contributed by atoms with Crippen LogP contribution in [-0.4, -0.2) is 33.8 Å². The number of nitrogens with zero attached hydrogens (tertiary/aromatic N) is 4. The molecule has 2 aromatic rings. The smallest absolute Gasteiger partial charge is 0.192 e. The number of aliphatic imine (C=N–C) groups is 1. The van der Waals surface area contributed by atoms with Crippen molar-refractivity contribution >= 4 is 5.96 Å². The third-order valence-corrected chi connectivity index (χ3v) is 3.82. The van der Waals surface area contributed by atoms with Crippen molar-refractivity contribution in [3.8, 4) is 0 Å². The Morgan fingerprint density at radius 3 is 2.76 bits per heavy atom. The van der Waals surface area contributed by atoms with Crippen LogP contribution in [0, 0.1) is 0 Å². The number of nitrogens with one attached hydrogen (secondary N) is 2. The van der Waals surface area contributed by atoms with E-state index in [9.17, 15) is 0 Å². The van der Waals surface area contributed by atoms with Crippen LogP contribution >= 0.6 is 0 Å². The van der Waals surface area contributed by atoms with Crippen molar-refractivity contribution in [1.82, 2.24) is 25.4 Å². The number of guanidine groups is 1. The van der Waals surface area contributed by atoms with Crippen molar-refractivity contribution in [1.29, 1.82) is 0 Å². The van der Waals surface area contributed by atoms with E-state index in [0.29, 0.717) is 6.54 Å². The average Bonchev–Trinajstić information content (AvgIpc) is 3.07. The summed E-state index contributed by atoms with van der Waals surface area (Å²) < 4.78 is 2.06. The molecule has 0 fully saturated rings. The number of benzene rings is 1. The summed E-state index contributed by atoms with van der Waals surface area (Å²) in [6.07, 6.45) is 2.64. The average molecular weight is 340 g/mol. The number of aromatic nitrogens is 3. The Hall–Kier alpha value is -2.63. The molecule has 134 valence electrons. The third kappa shape index (κ3) is 6.06. The lowest BCUT2D eigenvalue weighted by Gasteiger charge is -2.19. The lowest BCUT2D eigenvalue weighted by Crippen LogP contribution is -2.40. The normalized spacial score (nSPS) is 12.7. The van der Waals surface area contributed by atoms with Crippen LogP contribution in [0.2, 0.25) is 0 Å². The maximum absolute atomic E-state index is 4.60. The molecule has 1 atom stereocenters. The van der Waals surface area contributed by atoms with Crippen LogP contribution in [0.3, 0.4) is 0 Å². The van der Waals surface area contributed by atoms with Crippen LogP contribution < -0.4 is 10.6 Å². The Morgan fingerprint density at radius 1 is 1.32 bits per heavy atom. The largest absolute Gasteiger partial charge is 0.355 e. The lowest BCUT2D eigenvalue weighted by atomic mass is 10.1. The van der Waals surface area contributed by atoms with Crippen LogP contribution in [-0.2, 0) is 13.0 Å². The second kappa shape index (κ2) is 9.61. The molecule has 2 rings (SSSR count). The molecule has 6 heteroatoms. The van der Waals surface area contributed by atoms with Crippen LogP contribution in [0.5, 0.6) is 0 Å². The van der Waals surface area contributed by atoms with Gasteiger partial charge in [0.1, 0.15) is 12.2 Å². The number of hydrogen-bond donors (Lipinski definition) is 2. The molecule has 1 aromatic heterocycles. The summed E-state index contributed by atoms with van der Waals surface area (Å²) in [5.74, 6) is 1.78. The lowest BCUT2D eigenvalue weighted by molar-refractivity contribution is 0.620. The van der Waals surface area contributed by atoms with E-state index in [4.69, 9.17) is 0 Å². The molecule has 0 bridgehead atoms. The van der Waals surface area contributed by atoms with Gasteiger partial charge in [-0.1, -0.05) is 49.4 Å². The molecule has 2 N–H and O–H groups in total. The third-order valence-electron chi connectivity index (χ3n) is 3.82. The van der Waals surface area contributed by atoms with Crippen molar-refractivity contribution < 1.29 is 0 Å². The Kier molecular flexibility index (Phi) is 7.19. The SMILES string of the molecule is C=C(C)CN=C(NCCn1cnnc1CC)NC(C)c1ccccc1. The Bertz CT molecular complexity index is 689. The van der Waals surface area contributed by atoms with Gasteiger partial charge in [0.2, 0.25) is 0 Å². The van der Waals surface area contributed by atoms with Crippen molar-refractivity contribution in [3.63, 3.8) is 0 Å². The maximum atomic E-state index is 4.60. The van der Waals surface area contributed by atoms with Gasteiger partial charge < -0.3 is 15.2 Å². The summed E-state index contributed by atoms with van der Waals surface area (Å²) >= 11 is 0. The topological polar surface area (TPSA) is 67.1 Å². The van der Waals surface area contributed by atoms with E-state index in [0.717, 1.165) is 36.9 Å². The highest BCUT2D eigenvalue weighted by molar-refractivity contribution is 5.80. The Labute approximate surface area is 150 Å². The van der Waals surface area contributed by atoms with Crippen molar-refractivity contribution in [2.45, 2.75) is 39.8 Å². The van der Waals surface area contributed by atoms with Gasteiger partial charge in [-0.15, -0.1) is 10.2 Å². The maximum Gasteiger partial charge on any atom is 0.192 e. The fourth-order valence-corrected chi connectivity index (χ4v) is 2.43. The van der Waals surface area contributed by atoms with Gasteiger partial charge in [-0.25, -0.2) is 4.99 Å². The molecule has 0 amide bonds. The van der Waals surface area contributed by atoms with Gasteiger partial charge in [0, 0.05) is 19.5 Å². The van der Waals surface area contributed by atoms with Gasteiger partial charge in [0.25, 0.3) is 0 Å². The van der Waals surface area contributed by atoms with Crippen LogP contribution in [0.1, 0.15) is 38.2 Å². The number of rotatable bonds is 8. The highest BCUT2D eigenvalue weighted by Crippen LogP contribution is 2.10. The molecular formula is C19H28N6. The van der Waals surface area contributed by atoms with Crippen LogP contribution in [0.15, 0.2) is 53.8 Å². The molecule has 0 aliphatic carbocycles. The molecule has 0 aliphatic rings. The molecule has 0 saturated carbocycles. The second-order valence-corrected chi connectivity index (χ2v) is 6.12. The quantitative estimate of drug-likeness (QED) is 0.440. The Morgan fingerprint density at radius 2 is 2.08 bits per heavy atom. The van der Waals surface area contributed by atoms with Gasteiger partial charge in [0.05, 0.1) is 12.6 Å². The monoisotopic (exact) mass is 340 g/mol.